The van der Waals surface area contributed by atoms with Gasteiger partial charge in [0.05, 0.1) is 16.2 Å². The number of halogens is 3. The van der Waals surface area contributed by atoms with Gasteiger partial charge in [-0.3, -0.25) is 13.9 Å². The molecule has 6 nitrogen and oxygen atoms in total. The van der Waals surface area contributed by atoms with Crippen molar-refractivity contribution in [2.45, 2.75) is 18.0 Å². The Morgan fingerprint density at radius 2 is 1.84 bits per heavy atom. The fraction of sp³-hybridized carbons (Fsp3) is 0.100. The molecule has 2 heterocycles. The molecule has 4 aromatic rings. The lowest BCUT2D eigenvalue weighted by molar-refractivity contribution is -0.137. The number of fused-ring (bicyclic) bond motifs is 1. The Morgan fingerprint density at radius 1 is 1.13 bits per heavy atom. The van der Waals surface area contributed by atoms with Crippen molar-refractivity contribution in [3.63, 3.8) is 0 Å². The lowest BCUT2D eigenvalue weighted by Gasteiger charge is -2.11. The summed E-state index contributed by atoms with van der Waals surface area (Å²) in [6.45, 7) is 1.73. The maximum atomic E-state index is 12.9. The van der Waals surface area contributed by atoms with Gasteiger partial charge in [0.25, 0.3) is 10.0 Å². The van der Waals surface area contributed by atoms with Gasteiger partial charge in [0.2, 0.25) is 5.78 Å². The van der Waals surface area contributed by atoms with Crippen molar-refractivity contribution in [2.75, 3.05) is 4.72 Å². The summed E-state index contributed by atoms with van der Waals surface area (Å²) >= 11 is 1.40. The summed E-state index contributed by atoms with van der Waals surface area (Å²) in [5.74, 6) is -0.282. The molecular formula is C20H14F3N3O3S2. The monoisotopic (exact) mass is 465 g/mol. The van der Waals surface area contributed by atoms with E-state index in [2.05, 4.69) is 9.71 Å². The largest absolute Gasteiger partial charge is 0.416 e. The molecule has 0 aliphatic rings. The van der Waals surface area contributed by atoms with Crippen molar-refractivity contribution in [2.24, 2.45) is 0 Å². The number of thiazole rings is 1. The number of nitrogens with one attached hydrogen (secondary N) is 1. The van der Waals surface area contributed by atoms with E-state index in [9.17, 15) is 26.4 Å². The number of ketones is 1. The van der Waals surface area contributed by atoms with E-state index < -0.39 is 26.7 Å². The van der Waals surface area contributed by atoms with Gasteiger partial charge < -0.3 is 0 Å². The third kappa shape index (κ3) is 4.06. The number of aryl methyl sites for hydroxylation is 1. The van der Waals surface area contributed by atoms with Gasteiger partial charge in [0, 0.05) is 22.8 Å². The van der Waals surface area contributed by atoms with Crippen LogP contribution in [0.25, 0.3) is 4.96 Å². The summed E-state index contributed by atoms with van der Waals surface area (Å²) < 4.78 is 67.5. The molecule has 2 aromatic heterocycles. The van der Waals surface area contributed by atoms with E-state index in [-0.39, 0.29) is 11.5 Å². The molecule has 0 saturated carbocycles. The van der Waals surface area contributed by atoms with Crippen molar-refractivity contribution in [1.29, 1.82) is 0 Å². The number of sulfonamides is 1. The van der Waals surface area contributed by atoms with Crippen LogP contribution in [0.5, 0.6) is 0 Å². The van der Waals surface area contributed by atoms with Crippen LogP contribution in [0.2, 0.25) is 0 Å². The molecule has 11 heteroatoms. The molecule has 4 rings (SSSR count). The van der Waals surface area contributed by atoms with Crippen molar-refractivity contribution >= 4 is 37.8 Å². The number of carbonyl (C=O) groups is 1. The van der Waals surface area contributed by atoms with Crippen molar-refractivity contribution in [1.82, 2.24) is 9.38 Å². The average Bonchev–Trinajstić information content (AvgIpc) is 3.27. The van der Waals surface area contributed by atoms with Crippen LogP contribution in [0.3, 0.4) is 0 Å². The molecule has 0 aliphatic heterocycles. The topological polar surface area (TPSA) is 80.5 Å². The summed E-state index contributed by atoms with van der Waals surface area (Å²) in [6, 6.07) is 9.09. The van der Waals surface area contributed by atoms with Crippen LogP contribution < -0.4 is 4.72 Å². The standard InChI is InChI=1S/C20H14F3N3O3S2/c1-12-17(26-9-10-30-19(26)24-12)18(27)13-5-7-15(8-6-13)25-31(28,29)16-4-2-3-14(11-16)20(21,22)23/h2-11,25H,1H3. The second-order valence-electron chi connectivity index (χ2n) is 6.64. The summed E-state index contributed by atoms with van der Waals surface area (Å²) in [5, 5.41) is 1.81. The summed E-state index contributed by atoms with van der Waals surface area (Å²) in [6.07, 6.45) is -2.92. The molecule has 0 spiro atoms. The number of benzene rings is 2. The number of imidazole rings is 1. The minimum Gasteiger partial charge on any atom is -0.287 e. The molecule has 0 fully saturated rings. The highest BCUT2D eigenvalue weighted by Gasteiger charge is 2.31. The van der Waals surface area contributed by atoms with E-state index in [0.29, 0.717) is 28.0 Å². The number of alkyl halides is 3. The molecule has 0 atom stereocenters. The first-order valence-electron chi connectivity index (χ1n) is 8.83. The van der Waals surface area contributed by atoms with E-state index in [1.165, 1.54) is 35.6 Å². The van der Waals surface area contributed by atoms with Crippen molar-refractivity contribution < 1.29 is 26.4 Å². The third-order valence-corrected chi connectivity index (χ3v) is 6.66. The average molecular weight is 465 g/mol. The SMILES string of the molecule is Cc1nc2sccn2c1C(=O)c1ccc(NS(=O)(=O)c2cccc(C(F)(F)F)c2)cc1. The van der Waals surface area contributed by atoms with Gasteiger partial charge in [-0.25, -0.2) is 13.4 Å². The van der Waals surface area contributed by atoms with Crippen LogP contribution >= 0.6 is 11.3 Å². The van der Waals surface area contributed by atoms with Gasteiger partial charge in [-0.1, -0.05) is 6.07 Å². The first-order chi connectivity index (χ1) is 14.6. The summed E-state index contributed by atoms with van der Waals surface area (Å²) in [7, 11) is -4.25. The van der Waals surface area contributed by atoms with Crippen LogP contribution in [0.1, 0.15) is 27.3 Å². The summed E-state index contributed by atoms with van der Waals surface area (Å²) in [5.41, 5.74) is 0.352. The van der Waals surface area contributed by atoms with E-state index in [1.807, 2.05) is 5.38 Å². The zero-order valence-corrected chi connectivity index (χ0v) is 17.5. The second kappa shape index (κ2) is 7.50. The van der Waals surface area contributed by atoms with Gasteiger partial charge in [0.15, 0.2) is 4.96 Å². The number of hydrogen-bond donors (Lipinski definition) is 1. The molecule has 1 N–H and O–H groups in total. The smallest absolute Gasteiger partial charge is 0.287 e. The number of rotatable bonds is 5. The Bertz CT molecular complexity index is 1390. The first-order valence-corrected chi connectivity index (χ1v) is 11.2. The molecular weight excluding hydrogens is 451 g/mol. The zero-order chi connectivity index (χ0) is 22.4. The fourth-order valence-electron chi connectivity index (χ4n) is 3.05. The minimum absolute atomic E-state index is 0.111. The van der Waals surface area contributed by atoms with Crippen LogP contribution in [0.4, 0.5) is 18.9 Å². The Kier molecular flexibility index (Phi) is 5.10. The van der Waals surface area contributed by atoms with Crippen LogP contribution in [-0.4, -0.2) is 23.6 Å². The predicted molar refractivity (Wildman–Crippen MR) is 110 cm³/mol. The normalized spacial score (nSPS) is 12.3. The second-order valence-corrected chi connectivity index (χ2v) is 9.19. The van der Waals surface area contributed by atoms with Crippen LogP contribution in [-0.2, 0) is 16.2 Å². The minimum atomic E-state index is -4.66. The van der Waals surface area contributed by atoms with Gasteiger partial charge in [-0.15, -0.1) is 11.3 Å². The molecule has 0 saturated heterocycles. The van der Waals surface area contributed by atoms with Crippen LogP contribution in [0, 0.1) is 6.92 Å². The van der Waals surface area contributed by atoms with Crippen molar-refractivity contribution in [3.8, 4) is 0 Å². The third-order valence-electron chi connectivity index (χ3n) is 4.52. The molecule has 0 amide bonds. The van der Waals surface area contributed by atoms with Gasteiger partial charge in [-0.05, 0) is 49.4 Å². The lowest BCUT2D eigenvalue weighted by atomic mass is 10.1. The molecule has 0 unspecified atom stereocenters. The number of nitrogens with zero attached hydrogens (tertiary/aromatic N) is 2. The molecule has 0 radical (unpaired) electrons. The van der Waals surface area contributed by atoms with E-state index in [1.54, 1.807) is 17.5 Å². The lowest BCUT2D eigenvalue weighted by Crippen LogP contribution is -2.15. The molecule has 160 valence electrons. The van der Waals surface area contributed by atoms with E-state index in [4.69, 9.17) is 0 Å². The van der Waals surface area contributed by atoms with Gasteiger partial charge in [-0.2, -0.15) is 13.2 Å². The highest BCUT2D eigenvalue weighted by Crippen LogP contribution is 2.31. The zero-order valence-electron chi connectivity index (χ0n) is 15.8. The fourth-order valence-corrected chi connectivity index (χ4v) is 4.91. The van der Waals surface area contributed by atoms with E-state index in [0.717, 1.165) is 18.2 Å². The Hall–Kier alpha value is -3.18. The summed E-state index contributed by atoms with van der Waals surface area (Å²) in [4.78, 5) is 17.4. The predicted octanol–water partition coefficient (Wildman–Crippen LogP) is 4.75. The molecule has 0 bridgehead atoms. The first kappa shape index (κ1) is 21.1. The Balaban J connectivity index is 1.58. The molecule has 2 aromatic carbocycles. The van der Waals surface area contributed by atoms with E-state index >= 15 is 0 Å². The highest BCUT2D eigenvalue weighted by atomic mass is 32.2. The Morgan fingerprint density at radius 3 is 2.52 bits per heavy atom. The quantitative estimate of drug-likeness (QED) is 0.431. The number of aromatic nitrogens is 2. The number of anilines is 1. The Labute approximate surface area is 179 Å². The van der Waals surface area contributed by atoms with Gasteiger partial charge in [0.1, 0.15) is 5.69 Å². The molecule has 0 aliphatic carbocycles. The van der Waals surface area contributed by atoms with Gasteiger partial charge >= 0.3 is 6.18 Å². The highest BCUT2D eigenvalue weighted by molar-refractivity contribution is 7.92. The number of hydrogen-bond acceptors (Lipinski definition) is 5. The maximum Gasteiger partial charge on any atom is 0.416 e. The van der Waals surface area contributed by atoms with Crippen LogP contribution in [0.15, 0.2) is 65.0 Å². The maximum absolute atomic E-state index is 12.9. The number of carbonyl (C=O) groups excluding carboxylic acids is 1. The molecule has 31 heavy (non-hydrogen) atoms. The van der Waals surface area contributed by atoms with Crippen molar-refractivity contribution in [3.05, 3.63) is 82.6 Å².